The third kappa shape index (κ3) is 5.27. The van der Waals surface area contributed by atoms with E-state index in [-0.39, 0.29) is 0 Å². The van der Waals surface area contributed by atoms with Crippen molar-refractivity contribution in [1.82, 2.24) is 10.2 Å². The Morgan fingerprint density at radius 1 is 1.11 bits per heavy atom. The maximum atomic E-state index is 3.82. The van der Waals surface area contributed by atoms with Gasteiger partial charge in [-0.2, -0.15) is 0 Å². The first-order valence-electron chi connectivity index (χ1n) is 7.96. The third-order valence-electron chi connectivity index (χ3n) is 4.65. The molecule has 0 aromatic heterocycles. The van der Waals surface area contributed by atoms with Crippen molar-refractivity contribution < 1.29 is 0 Å². The maximum absolute atomic E-state index is 3.82. The fourth-order valence-corrected chi connectivity index (χ4v) is 3.09. The molecule has 108 valence electrons. The second kappa shape index (κ2) is 8.16. The van der Waals surface area contributed by atoms with Crippen molar-refractivity contribution in [2.75, 3.05) is 20.1 Å². The van der Waals surface area contributed by atoms with E-state index < -0.39 is 0 Å². The average molecular weight is 254 g/mol. The van der Waals surface area contributed by atoms with Crippen molar-refractivity contribution in [3.63, 3.8) is 0 Å². The lowest BCUT2D eigenvalue weighted by Gasteiger charge is -2.35. The molecule has 0 saturated heterocycles. The van der Waals surface area contributed by atoms with Gasteiger partial charge in [0.25, 0.3) is 0 Å². The van der Waals surface area contributed by atoms with Gasteiger partial charge in [-0.25, -0.2) is 0 Å². The van der Waals surface area contributed by atoms with E-state index in [0.717, 1.165) is 17.9 Å². The van der Waals surface area contributed by atoms with Gasteiger partial charge in [0, 0.05) is 12.1 Å². The van der Waals surface area contributed by atoms with E-state index in [0.29, 0.717) is 6.04 Å². The van der Waals surface area contributed by atoms with Crippen LogP contribution in [-0.4, -0.2) is 37.1 Å². The zero-order valence-corrected chi connectivity index (χ0v) is 13.2. The van der Waals surface area contributed by atoms with E-state index in [2.05, 4.69) is 45.0 Å². The lowest BCUT2D eigenvalue weighted by Crippen LogP contribution is -2.42. The van der Waals surface area contributed by atoms with E-state index in [1.54, 1.807) is 0 Å². The summed E-state index contributed by atoms with van der Waals surface area (Å²) in [5.74, 6) is 1.74. The molecule has 0 aromatic carbocycles. The minimum absolute atomic E-state index is 0.670. The Labute approximate surface area is 115 Å². The van der Waals surface area contributed by atoms with Gasteiger partial charge in [-0.15, -0.1) is 0 Å². The molecule has 1 saturated carbocycles. The minimum Gasteiger partial charge on any atom is -0.314 e. The first kappa shape index (κ1) is 16.0. The number of hydrogen-bond acceptors (Lipinski definition) is 2. The van der Waals surface area contributed by atoms with Crippen LogP contribution < -0.4 is 5.32 Å². The Bertz CT molecular complexity index is 213. The van der Waals surface area contributed by atoms with Crippen LogP contribution in [0.1, 0.15) is 59.8 Å². The second-order valence-corrected chi connectivity index (χ2v) is 6.68. The van der Waals surface area contributed by atoms with Crippen LogP contribution in [0.3, 0.4) is 0 Å². The molecule has 2 unspecified atom stereocenters. The van der Waals surface area contributed by atoms with Crippen molar-refractivity contribution in [3.8, 4) is 0 Å². The standard InChI is InChI=1S/C16H34N2/c1-13(2)15-9-6-7-10-16(15)17-11-8-12-18(5)14(3)4/h13-17H,6-12H2,1-5H3. The van der Waals surface area contributed by atoms with Gasteiger partial charge in [-0.3, -0.25) is 0 Å². The Morgan fingerprint density at radius 2 is 1.78 bits per heavy atom. The fourth-order valence-electron chi connectivity index (χ4n) is 3.09. The molecule has 0 spiro atoms. The quantitative estimate of drug-likeness (QED) is 0.699. The molecule has 0 bridgehead atoms. The van der Waals surface area contributed by atoms with E-state index in [9.17, 15) is 0 Å². The number of hydrogen-bond donors (Lipinski definition) is 1. The summed E-state index contributed by atoms with van der Waals surface area (Å²) in [6.07, 6.45) is 6.96. The third-order valence-corrected chi connectivity index (χ3v) is 4.65. The summed E-state index contributed by atoms with van der Waals surface area (Å²) in [6, 6.07) is 1.45. The van der Waals surface area contributed by atoms with Crippen LogP contribution >= 0.6 is 0 Å². The minimum atomic E-state index is 0.670. The van der Waals surface area contributed by atoms with Gasteiger partial charge in [-0.05, 0) is 65.1 Å². The molecule has 1 aliphatic rings. The average Bonchev–Trinajstić information content (AvgIpc) is 2.34. The summed E-state index contributed by atoms with van der Waals surface area (Å²) in [5.41, 5.74) is 0. The highest BCUT2D eigenvalue weighted by molar-refractivity contribution is 4.82. The Morgan fingerprint density at radius 3 is 2.39 bits per heavy atom. The van der Waals surface area contributed by atoms with Crippen LogP contribution in [0, 0.1) is 11.8 Å². The van der Waals surface area contributed by atoms with Gasteiger partial charge in [0.15, 0.2) is 0 Å². The number of nitrogens with zero attached hydrogens (tertiary/aromatic N) is 1. The molecule has 0 heterocycles. The van der Waals surface area contributed by atoms with Crippen molar-refractivity contribution >= 4 is 0 Å². The highest BCUT2D eigenvalue weighted by Gasteiger charge is 2.26. The molecule has 1 N–H and O–H groups in total. The zero-order valence-electron chi connectivity index (χ0n) is 13.2. The molecule has 1 aliphatic carbocycles. The molecule has 18 heavy (non-hydrogen) atoms. The largest absolute Gasteiger partial charge is 0.314 e. The van der Waals surface area contributed by atoms with Crippen molar-refractivity contribution in [1.29, 1.82) is 0 Å². The van der Waals surface area contributed by atoms with Crippen LogP contribution in [0.15, 0.2) is 0 Å². The molecule has 2 nitrogen and oxygen atoms in total. The summed E-state index contributed by atoms with van der Waals surface area (Å²) in [6.45, 7) is 11.7. The summed E-state index contributed by atoms with van der Waals surface area (Å²) in [5, 5.41) is 3.82. The Kier molecular flexibility index (Phi) is 7.25. The monoisotopic (exact) mass is 254 g/mol. The summed E-state index contributed by atoms with van der Waals surface area (Å²) >= 11 is 0. The lowest BCUT2D eigenvalue weighted by molar-refractivity contribution is 0.201. The zero-order chi connectivity index (χ0) is 13.5. The molecule has 0 aromatic rings. The number of nitrogens with one attached hydrogen (secondary N) is 1. The predicted molar refractivity (Wildman–Crippen MR) is 81.0 cm³/mol. The van der Waals surface area contributed by atoms with Crippen LogP contribution in [0.4, 0.5) is 0 Å². The topological polar surface area (TPSA) is 15.3 Å². The lowest BCUT2D eigenvalue weighted by atomic mass is 9.78. The molecule has 2 atom stereocenters. The molecule has 1 fully saturated rings. The SMILES string of the molecule is CC(C)C1CCCCC1NCCCN(C)C(C)C. The van der Waals surface area contributed by atoms with Crippen molar-refractivity contribution in [2.45, 2.75) is 71.9 Å². The van der Waals surface area contributed by atoms with E-state index >= 15 is 0 Å². The Hall–Kier alpha value is -0.0800. The van der Waals surface area contributed by atoms with E-state index in [4.69, 9.17) is 0 Å². The fraction of sp³-hybridized carbons (Fsp3) is 1.00. The van der Waals surface area contributed by atoms with Crippen LogP contribution in [0.25, 0.3) is 0 Å². The molecule has 0 amide bonds. The molecular weight excluding hydrogens is 220 g/mol. The van der Waals surface area contributed by atoms with Crippen molar-refractivity contribution in [3.05, 3.63) is 0 Å². The van der Waals surface area contributed by atoms with Gasteiger partial charge < -0.3 is 10.2 Å². The highest BCUT2D eigenvalue weighted by Crippen LogP contribution is 2.30. The van der Waals surface area contributed by atoms with Gasteiger partial charge in [-0.1, -0.05) is 26.7 Å². The molecule has 0 aliphatic heterocycles. The highest BCUT2D eigenvalue weighted by atomic mass is 15.1. The summed E-state index contributed by atoms with van der Waals surface area (Å²) < 4.78 is 0. The number of rotatable bonds is 7. The molecule has 2 heteroatoms. The normalized spacial score (nSPS) is 25.3. The van der Waals surface area contributed by atoms with Crippen LogP contribution in [-0.2, 0) is 0 Å². The molecule has 0 radical (unpaired) electrons. The second-order valence-electron chi connectivity index (χ2n) is 6.68. The van der Waals surface area contributed by atoms with Gasteiger partial charge in [0.05, 0.1) is 0 Å². The van der Waals surface area contributed by atoms with Gasteiger partial charge in [0.1, 0.15) is 0 Å². The smallest absolute Gasteiger partial charge is 0.00977 e. The Balaban J connectivity index is 2.20. The molecule has 1 rings (SSSR count). The van der Waals surface area contributed by atoms with E-state index in [1.807, 2.05) is 0 Å². The van der Waals surface area contributed by atoms with Gasteiger partial charge >= 0.3 is 0 Å². The summed E-state index contributed by atoms with van der Waals surface area (Å²) in [4.78, 5) is 2.43. The first-order chi connectivity index (χ1) is 8.52. The molecular formula is C16H34N2. The summed E-state index contributed by atoms with van der Waals surface area (Å²) in [7, 11) is 2.22. The van der Waals surface area contributed by atoms with Crippen molar-refractivity contribution in [2.24, 2.45) is 11.8 Å². The van der Waals surface area contributed by atoms with Gasteiger partial charge in [0.2, 0.25) is 0 Å². The maximum Gasteiger partial charge on any atom is 0.00977 e. The van der Waals surface area contributed by atoms with E-state index in [1.165, 1.54) is 45.2 Å². The van der Waals surface area contributed by atoms with Crippen LogP contribution in [0.5, 0.6) is 0 Å². The van der Waals surface area contributed by atoms with Crippen LogP contribution in [0.2, 0.25) is 0 Å². The predicted octanol–water partition coefficient (Wildman–Crippen LogP) is 3.52. The first-order valence-corrected chi connectivity index (χ1v) is 7.96.